The number of rotatable bonds is 2. The Labute approximate surface area is 94.0 Å². The molecule has 4 heteroatoms. The number of methoxy groups -OCH3 is 1. The fraction of sp³-hybridized carbons (Fsp3) is 0.545. The van der Waals surface area contributed by atoms with Gasteiger partial charge in [0, 0.05) is 11.8 Å². The van der Waals surface area contributed by atoms with Crippen LogP contribution in [0.15, 0.2) is 12.3 Å². The molecule has 1 heterocycles. The van der Waals surface area contributed by atoms with Crippen molar-refractivity contribution in [1.29, 1.82) is 0 Å². The predicted molar refractivity (Wildman–Crippen MR) is 58.2 cm³/mol. The average molecular weight is 228 g/mol. The van der Waals surface area contributed by atoms with Crippen molar-refractivity contribution in [3.8, 4) is 5.88 Å². The first-order valence-electron chi connectivity index (χ1n) is 5.09. The van der Waals surface area contributed by atoms with Crippen LogP contribution in [0, 0.1) is 0 Å². The zero-order chi connectivity index (χ0) is 10.9. The molecule has 1 N–H and O–H groups in total. The molecule has 15 heavy (non-hydrogen) atoms. The molecule has 0 spiro atoms. The summed E-state index contributed by atoms with van der Waals surface area (Å²) >= 11 is 6.13. The third kappa shape index (κ3) is 1.82. The topological polar surface area (TPSA) is 42.4 Å². The Bertz CT molecular complexity index is 362. The van der Waals surface area contributed by atoms with Gasteiger partial charge >= 0.3 is 0 Å². The molecule has 2 rings (SSSR count). The third-order valence-corrected chi connectivity index (χ3v) is 3.35. The molecule has 1 aliphatic rings. The minimum Gasteiger partial charge on any atom is -0.480 e. The Morgan fingerprint density at radius 1 is 1.47 bits per heavy atom. The van der Waals surface area contributed by atoms with Crippen molar-refractivity contribution in [2.24, 2.45) is 0 Å². The fourth-order valence-electron chi connectivity index (χ4n) is 2.16. The molecule has 0 amide bonds. The number of halogens is 1. The molecule has 0 atom stereocenters. The maximum Gasteiger partial charge on any atom is 0.232 e. The maximum atomic E-state index is 10.4. The average Bonchev–Trinajstić information content (AvgIpc) is 2.66. The first-order valence-corrected chi connectivity index (χ1v) is 5.46. The van der Waals surface area contributed by atoms with Gasteiger partial charge in [0.2, 0.25) is 5.88 Å². The minimum absolute atomic E-state index is 0.384. The lowest BCUT2D eigenvalue weighted by Crippen LogP contribution is -2.21. The van der Waals surface area contributed by atoms with Gasteiger partial charge in [0.05, 0.1) is 12.7 Å². The quantitative estimate of drug-likeness (QED) is 0.844. The van der Waals surface area contributed by atoms with Crippen LogP contribution in [0.1, 0.15) is 31.2 Å². The Morgan fingerprint density at radius 3 is 2.73 bits per heavy atom. The second-order valence-electron chi connectivity index (χ2n) is 3.92. The lowest BCUT2D eigenvalue weighted by molar-refractivity contribution is 0.0442. The summed E-state index contributed by atoms with van der Waals surface area (Å²) in [7, 11) is 1.52. The number of hydrogen-bond acceptors (Lipinski definition) is 3. The van der Waals surface area contributed by atoms with Gasteiger partial charge in [-0.15, -0.1) is 0 Å². The van der Waals surface area contributed by atoms with E-state index in [9.17, 15) is 5.11 Å². The van der Waals surface area contributed by atoms with Crippen molar-refractivity contribution in [3.05, 3.63) is 22.8 Å². The zero-order valence-corrected chi connectivity index (χ0v) is 9.42. The van der Waals surface area contributed by atoms with Crippen molar-refractivity contribution in [2.75, 3.05) is 7.11 Å². The molecular weight excluding hydrogens is 214 g/mol. The second-order valence-corrected chi connectivity index (χ2v) is 4.30. The van der Waals surface area contributed by atoms with Crippen LogP contribution in [-0.4, -0.2) is 17.2 Å². The highest BCUT2D eigenvalue weighted by Crippen LogP contribution is 2.43. The molecule has 0 bridgehead atoms. The molecule has 1 aromatic rings. The first-order chi connectivity index (χ1) is 7.17. The van der Waals surface area contributed by atoms with Crippen LogP contribution in [0.5, 0.6) is 5.88 Å². The molecule has 1 fully saturated rings. The highest BCUT2D eigenvalue weighted by atomic mass is 35.5. The first kappa shape index (κ1) is 10.7. The van der Waals surface area contributed by atoms with Gasteiger partial charge in [-0.1, -0.05) is 24.4 Å². The van der Waals surface area contributed by atoms with Gasteiger partial charge in [-0.25, -0.2) is 4.98 Å². The molecule has 3 nitrogen and oxygen atoms in total. The van der Waals surface area contributed by atoms with E-state index in [1.54, 1.807) is 12.3 Å². The van der Waals surface area contributed by atoms with E-state index in [1.165, 1.54) is 7.11 Å². The van der Waals surface area contributed by atoms with E-state index in [-0.39, 0.29) is 0 Å². The van der Waals surface area contributed by atoms with Gasteiger partial charge in [-0.2, -0.15) is 0 Å². The fourth-order valence-corrected chi connectivity index (χ4v) is 2.52. The Hall–Kier alpha value is -0.800. The Balaban J connectivity index is 2.43. The van der Waals surface area contributed by atoms with Crippen LogP contribution < -0.4 is 4.74 Å². The van der Waals surface area contributed by atoms with Crippen molar-refractivity contribution in [2.45, 2.75) is 31.3 Å². The van der Waals surface area contributed by atoms with E-state index in [2.05, 4.69) is 4.98 Å². The van der Waals surface area contributed by atoms with Gasteiger partial charge in [-0.3, -0.25) is 0 Å². The van der Waals surface area contributed by atoms with E-state index in [4.69, 9.17) is 16.3 Å². The maximum absolute atomic E-state index is 10.4. The van der Waals surface area contributed by atoms with Crippen LogP contribution in [-0.2, 0) is 5.60 Å². The van der Waals surface area contributed by atoms with Crippen molar-refractivity contribution < 1.29 is 9.84 Å². The monoisotopic (exact) mass is 227 g/mol. The van der Waals surface area contributed by atoms with E-state index < -0.39 is 5.60 Å². The standard InChI is InChI=1S/C11H14ClNO2/c1-15-10-9(12)8(4-7-13-10)11(14)5-2-3-6-11/h4,7,14H,2-3,5-6H2,1H3. The Morgan fingerprint density at radius 2 is 2.13 bits per heavy atom. The number of aliphatic hydroxyl groups is 1. The summed E-state index contributed by atoms with van der Waals surface area (Å²) in [6.07, 6.45) is 5.23. The van der Waals surface area contributed by atoms with Crippen molar-refractivity contribution in [3.63, 3.8) is 0 Å². The van der Waals surface area contributed by atoms with Crippen LogP contribution in [0.3, 0.4) is 0 Å². The molecular formula is C11H14ClNO2. The highest BCUT2D eigenvalue weighted by molar-refractivity contribution is 6.32. The van der Waals surface area contributed by atoms with Gasteiger partial charge in [0.1, 0.15) is 5.02 Å². The number of aromatic nitrogens is 1. The Kier molecular flexibility index (Phi) is 2.85. The molecule has 0 aromatic carbocycles. The number of ether oxygens (including phenoxy) is 1. The summed E-state index contributed by atoms with van der Waals surface area (Å²) in [4.78, 5) is 3.99. The lowest BCUT2D eigenvalue weighted by Gasteiger charge is -2.24. The normalized spacial score (nSPS) is 19.1. The van der Waals surface area contributed by atoms with Gasteiger partial charge in [-0.05, 0) is 18.9 Å². The van der Waals surface area contributed by atoms with E-state index in [0.29, 0.717) is 10.9 Å². The number of nitrogens with zero attached hydrogens (tertiary/aromatic N) is 1. The van der Waals surface area contributed by atoms with Gasteiger partial charge in [0.25, 0.3) is 0 Å². The second kappa shape index (κ2) is 3.99. The zero-order valence-electron chi connectivity index (χ0n) is 8.66. The number of pyridine rings is 1. The smallest absolute Gasteiger partial charge is 0.232 e. The molecule has 0 radical (unpaired) electrons. The van der Waals surface area contributed by atoms with E-state index >= 15 is 0 Å². The lowest BCUT2D eigenvalue weighted by atomic mass is 9.93. The van der Waals surface area contributed by atoms with Crippen LogP contribution >= 0.6 is 11.6 Å². The predicted octanol–water partition coefficient (Wildman–Crippen LogP) is 2.51. The molecule has 0 unspecified atom stereocenters. The molecule has 0 aliphatic heterocycles. The SMILES string of the molecule is COc1nccc(C2(O)CCCC2)c1Cl. The van der Waals surface area contributed by atoms with Gasteiger partial charge in [0.15, 0.2) is 0 Å². The minimum atomic E-state index is -0.784. The number of hydrogen-bond donors (Lipinski definition) is 1. The van der Waals surface area contributed by atoms with Crippen molar-refractivity contribution >= 4 is 11.6 Å². The van der Waals surface area contributed by atoms with Crippen LogP contribution in [0.2, 0.25) is 5.02 Å². The highest BCUT2D eigenvalue weighted by Gasteiger charge is 2.35. The van der Waals surface area contributed by atoms with E-state index in [1.807, 2.05) is 0 Å². The summed E-state index contributed by atoms with van der Waals surface area (Å²) in [5.74, 6) is 0.384. The molecule has 1 aliphatic carbocycles. The molecule has 1 aromatic heterocycles. The van der Waals surface area contributed by atoms with Crippen LogP contribution in [0.25, 0.3) is 0 Å². The molecule has 1 saturated carbocycles. The molecule has 0 saturated heterocycles. The summed E-state index contributed by atoms with van der Waals surface area (Å²) in [5, 5.41) is 10.8. The van der Waals surface area contributed by atoms with Gasteiger partial charge < -0.3 is 9.84 Å². The molecule has 82 valence electrons. The van der Waals surface area contributed by atoms with E-state index in [0.717, 1.165) is 31.2 Å². The summed E-state index contributed by atoms with van der Waals surface area (Å²) in [6, 6.07) is 1.77. The summed E-state index contributed by atoms with van der Waals surface area (Å²) in [6.45, 7) is 0. The summed E-state index contributed by atoms with van der Waals surface area (Å²) in [5.41, 5.74) is -0.0404. The third-order valence-electron chi connectivity index (χ3n) is 2.98. The van der Waals surface area contributed by atoms with Crippen LogP contribution in [0.4, 0.5) is 0 Å². The van der Waals surface area contributed by atoms with Crippen molar-refractivity contribution in [1.82, 2.24) is 4.98 Å². The largest absolute Gasteiger partial charge is 0.480 e. The summed E-state index contributed by atoms with van der Waals surface area (Å²) < 4.78 is 5.04.